The summed E-state index contributed by atoms with van der Waals surface area (Å²) < 4.78 is 5.10. The van der Waals surface area contributed by atoms with E-state index in [1.165, 1.54) is 12.5 Å². The van der Waals surface area contributed by atoms with Gasteiger partial charge in [0.05, 0.1) is 23.1 Å². The Kier molecular flexibility index (Phi) is 6.27. The summed E-state index contributed by atoms with van der Waals surface area (Å²) in [7, 11) is 0. The summed E-state index contributed by atoms with van der Waals surface area (Å²) in [6.07, 6.45) is 3.84. The molecule has 3 aromatic rings. The number of nitrogens with zero attached hydrogens (tertiary/aromatic N) is 4. The number of furan rings is 1. The minimum Gasteiger partial charge on any atom is -0.472 e. The fourth-order valence-electron chi connectivity index (χ4n) is 4.35. The molecule has 4 rings (SSSR count). The van der Waals surface area contributed by atoms with Crippen molar-refractivity contribution in [1.82, 2.24) is 9.88 Å². The van der Waals surface area contributed by atoms with E-state index in [1.807, 2.05) is 29.2 Å². The largest absolute Gasteiger partial charge is 0.472 e. The normalized spacial score (nSPS) is 16.3. The zero-order valence-corrected chi connectivity index (χ0v) is 18.8. The van der Waals surface area contributed by atoms with Crippen LogP contribution in [0, 0.1) is 11.3 Å². The van der Waals surface area contributed by atoms with Crippen molar-refractivity contribution in [3.05, 3.63) is 71.8 Å². The fraction of sp³-hybridized carbons (Fsp3) is 0.346. The van der Waals surface area contributed by atoms with Crippen LogP contribution in [0.15, 0.2) is 59.4 Å². The first-order valence-corrected chi connectivity index (χ1v) is 11.1. The average Bonchev–Trinajstić information content (AvgIpc) is 3.38. The van der Waals surface area contributed by atoms with E-state index in [4.69, 9.17) is 9.40 Å². The minimum absolute atomic E-state index is 0.0130. The number of carbonyl (C=O) groups is 1. The maximum Gasteiger partial charge on any atom is 0.257 e. The van der Waals surface area contributed by atoms with Gasteiger partial charge in [0.1, 0.15) is 18.2 Å². The molecule has 3 heterocycles. The zero-order valence-electron chi connectivity index (χ0n) is 18.8. The number of piperazine rings is 1. The van der Waals surface area contributed by atoms with E-state index in [0.29, 0.717) is 36.6 Å². The molecule has 1 amide bonds. The van der Waals surface area contributed by atoms with Gasteiger partial charge in [-0.1, -0.05) is 51.1 Å². The molecule has 164 valence electrons. The predicted molar refractivity (Wildman–Crippen MR) is 125 cm³/mol. The van der Waals surface area contributed by atoms with E-state index < -0.39 is 0 Å². The number of amides is 1. The molecule has 6 nitrogen and oxygen atoms in total. The van der Waals surface area contributed by atoms with E-state index in [-0.39, 0.29) is 17.9 Å². The second kappa shape index (κ2) is 9.27. The highest BCUT2D eigenvalue weighted by Gasteiger charge is 2.32. The lowest BCUT2D eigenvalue weighted by Gasteiger charge is -2.42. The molecule has 32 heavy (non-hydrogen) atoms. The van der Waals surface area contributed by atoms with Crippen LogP contribution in [0.3, 0.4) is 0 Å². The summed E-state index contributed by atoms with van der Waals surface area (Å²) in [6, 6.07) is 16.2. The van der Waals surface area contributed by atoms with E-state index in [0.717, 1.165) is 23.2 Å². The van der Waals surface area contributed by atoms with Crippen LogP contribution >= 0.6 is 0 Å². The number of hydrogen-bond donors (Lipinski definition) is 0. The van der Waals surface area contributed by atoms with E-state index in [1.54, 1.807) is 6.07 Å². The van der Waals surface area contributed by atoms with Crippen molar-refractivity contribution in [2.75, 3.05) is 24.5 Å². The molecule has 0 bridgehead atoms. The number of rotatable bonds is 5. The molecule has 0 saturated carbocycles. The SMILES string of the molecule is CC[C@@H]1CN(c2nc(C(C)C)c(-c3ccccc3)cc2C#N)CCN1C(=O)c1ccoc1. The number of pyridine rings is 1. The Morgan fingerprint density at radius 3 is 2.66 bits per heavy atom. The van der Waals surface area contributed by atoms with Gasteiger partial charge in [-0.05, 0) is 30.0 Å². The van der Waals surface area contributed by atoms with Gasteiger partial charge in [-0.3, -0.25) is 4.79 Å². The summed E-state index contributed by atoms with van der Waals surface area (Å²) in [6.45, 7) is 8.18. The Morgan fingerprint density at radius 2 is 2.03 bits per heavy atom. The highest BCUT2D eigenvalue weighted by molar-refractivity contribution is 5.94. The molecule has 0 N–H and O–H groups in total. The van der Waals surface area contributed by atoms with Gasteiger partial charge < -0.3 is 14.2 Å². The molecular weight excluding hydrogens is 400 g/mol. The fourth-order valence-corrected chi connectivity index (χ4v) is 4.35. The number of hydrogen-bond acceptors (Lipinski definition) is 5. The third-order valence-electron chi connectivity index (χ3n) is 6.07. The number of carbonyl (C=O) groups excluding carboxylic acids is 1. The van der Waals surface area contributed by atoms with Crippen molar-refractivity contribution in [2.24, 2.45) is 0 Å². The van der Waals surface area contributed by atoms with Crippen LogP contribution < -0.4 is 4.90 Å². The summed E-state index contributed by atoms with van der Waals surface area (Å²) in [5.41, 5.74) is 4.19. The predicted octanol–water partition coefficient (Wildman–Crippen LogP) is 5.08. The Balaban J connectivity index is 1.67. The van der Waals surface area contributed by atoms with Gasteiger partial charge in [0, 0.05) is 31.2 Å². The van der Waals surface area contributed by atoms with E-state index >= 15 is 0 Å². The van der Waals surface area contributed by atoms with Crippen molar-refractivity contribution in [3.8, 4) is 17.2 Å². The van der Waals surface area contributed by atoms with Gasteiger partial charge in [-0.25, -0.2) is 4.98 Å². The van der Waals surface area contributed by atoms with Crippen LogP contribution in [-0.2, 0) is 0 Å². The molecular formula is C26H28N4O2. The Labute approximate surface area is 189 Å². The standard InChI is InChI=1S/C26H28N4O2/c1-4-22-16-29(11-12-30(22)26(31)20-10-13-32-17-20)25-21(15-27)14-23(24(28-25)18(2)3)19-8-6-5-7-9-19/h5-10,13-14,17-18,22H,4,11-12,16H2,1-3H3/t22-/m1/s1. The van der Waals surface area contributed by atoms with Crippen LogP contribution in [0.2, 0.25) is 0 Å². The molecule has 1 aliphatic rings. The van der Waals surface area contributed by atoms with Gasteiger partial charge in [-0.15, -0.1) is 0 Å². The monoisotopic (exact) mass is 428 g/mol. The molecule has 1 aliphatic heterocycles. The zero-order chi connectivity index (χ0) is 22.7. The van der Waals surface area contributed by atoms with Crippen LogP contribution in [0.25, 0.3) is 11.1 Å². The first-order valence-electron chi connectivity index (χ1n) is 11.1. The quantitative estimate of drug-likeness (QED) is 0.567. The van der Waals surface area contributed by atoms with Gasteiger partial charge in [0.2, 0.25) is 0 Å². The lowest BCUT2D eigenvalue weighted by atomic mass is 9.95. The number of aromatic nitrogens is 1. The molecule has 0 aliphatic carbocycles. The maximum atomic E-state index is 12.9. The second-order valence-corrected chi connectivity index (χ2v) is 8.44. The van der Waals surface area contributed by atoms with Gasteiger partial charge in [-0.2, -0.15) is 5.26 Å². The van der Waals surface area contributed by atoms with Crippen LogP contribution in [-0.4, -0.2) is 41.5 Å². The lowest BCUT2D eigenvalue weighted by Crippen LogP contribution is -2.55. The number of anilines is 1. The molecule has 2 aromatic heterocycles. The first kappa shape index (κ1) is 21.6. The molecule has 6 heteroatoms. The number of benzene rings is 1. The minimum atomic E-state index is -0.0130. The molecule has 0 unspecified atom stereocenters. The lowest BCUT2D eigenvalue weighted by molar-refractivity contribution is 0.0650. The Bertz CT molecular complexity index is 1120. The van der Waals surface area contributed by atoms with Crippen molar-refractivity contribution in [2.45, 2.75) is 39.2 Å². The third-order valence-corrected chi connectivity index (χ3v) is 6.07. The van der Waals surface area contributed by atoms with Crippen molar-refractivity contribution < 1.29 is 9.21 Å². The summed E-state index contributed by atoms with van der Waals surface area (Å²) >= 11 is 0. The van der Waals surface area contributed by atoms with E-state index in [2.05, 4.69) is 43.9 Å². The number of nitriles is 1. The molecule has 0 spiro atoms. The van der Waals surface area contributed by atoms with Crippen molar-refractivity contribution in [1.29, 1.82) is 5.26 Å². The van der Waals surface area contributed by atoms with Crippen LogP contribution in [0.4, 0.5) is 5.82 Å². The molecule has 0 radical (unpaired) electrons. The maximum absolute atomic E-state index is 12.9. The summed E-state index contributed by atoms with van der Waals surface area (Å²) in [4.78, 5) is 22.0. The van der Waals surface area contributed by atoms with Crippen molar-refractivity contribution >= 4 is 11.7 Å². The van der Waals surface area contributed by atoms with E-state index in [9.17, 15) is 10.1 Å². The summed E-state index contributed by atoms with van der Waals surface area (Å²) in [5.74, 6) is 0.911. The highest BCUT2D eigenvalue weighted by atomic mass is 16.3. The molecule has 1 aromatic carbocycles. The Hall–Kier alpha value is -3.59. The second-order valence-electron chi connectivity index (χ2n) is 8.44. The van der Waals surface area contributed by atoms with Crippen LogP contribution in [0.1, 0.15) is 54.7 Å². The van der Waals surface area contributed by atoms with Gasteiger partial charge in [0.25, 0.3) is 5.91 Å². The van der Waals surface area contributed by atoms with Gasteiger partial charge >= 0.3 is 0 Å². The van der Waals surface area contributed by atoms with Crippen LogP contribution in [0.5, 0.6) is 0 Å². The third kappa shape index (κ3) is 4.11. The summed E-state index contributed by atoms with van der Waals surface area (Å²) in [5, 5.41) is 9.95. The molecule has 1 saturated heterocycles. The molecule has 1 fully saturated rings. The first-order chi connectivity index (χ1) is 15.5. The Morgan fingerprint density at radius 1 is 1.25 bits per heavy atom. The van der Waals surface area contributed by atoms with Gasteiger partial charge in [0.15, 0.2) is 0 Å². The average molecular weight is 429 g/mol. The smallest absolute Gasteiger partial charge is 0.257 e. The van der Waals surface area contributed by atoms with Crippen molar-refractivity contribution in [3.63, 3.8) is 0 Å². The highest BCUT2D eigenvalue weighted by Crippen LogP contribution is 2.33. The molecule has 1 atom stereocenters. The topological polar surface area (TPSA) is 73.4 Å².